The molecule has 1 aromatic carbocycles. The molecular formula is C12H18ClNO3S. The molecule has 0 spiro atoms. The predicted octanol–water partition coefficient (Wildman–Crippen LogP) is 2.04. The van der Waals surface area contributed by atoms with Crippen LogP contribution in [0.3, 0.4) is 0 Å². The second kappa shape index (κ2) is 6.02. The van der Waals surface area contributed by atoms with Crippen molar-refractivity contribution in [3.05, 3.63) is 34.9 Å². The number of halogens is 1. The highest BCUT2D eigenvalue weighted by molar-refractivity contribution is 7.89. The van der Waals surface area contributed by atoms with Crippen molar-refractivity contribution in [1.29, 1.82) is 0 Å². The molecule has 2 atom stereocenters. The topological polar surface area (TPSA) is 57.6 Å². The van der Waals surface area contributed by atoms with Crippen LogP contribution < -0.4 is 0 Å². The van der Waals surface area contributed by atoms with Gasteiger partial charge >= 0.3 is 0 Å². The molecular weight excluding hydrogens is 274 g/mol. The number of hydrogen-bond acceptors (Lipinski definition) is 3. The lowest BCUT2D eigenvalue weighted by Gasteiger charge is -2.27. The predicted molar refractivity (Wildman–Crippen MR) is 73.1 cm³/mol. The average molecular weight is 292 g/mol. The van der Waals surface area contributed by atoms with E-state index in [1.807, 2.05) is 6.07 Å². The highest BCUT2D eigenvalue weighted by Crippen LogP contribution is 2.28. The third kappa shape index (κ3) is 3.03. The number of aliphatic hydroxyl groups is 1. The Morgan fingerprint density at radius 1 is 1.33 bits per heavy atom. The first-order chi connectivity index (χ1) is 8.32. The second-order valence-electron chi connectivity index (χ2n) is 4.25. The summed E-state index contributed by atoms with van der Waals surface area (Å²) < 4.78 is 25.5. The fraction of sp³-hybridized carbons (Fsp3) is 0.500. The Bertz CT molecular complexity index is 504. The zero-order valence-corrected chi connectivity index (χ0v) is 12.2. The molecule has 0 heterocycles. The Labute approximate surface area is 113 Å². The van der Waals surface area contributed by atoms with Crippen LogP contribution >= 0.6 is 11.6 Å². The average Bonchev–Trinajstić information content (AvgIpc) is 2.36. The van der Waals surface area contributed by atoms with Gasteiger partial charge in [-0.25, -0.2) is 8.42 Å². The van der Waals surface area contributed by atoms with E-state index >= 15 is 0 Å². The Balaban J connectivity index is 3.05. The Morgan fingerprint density at radius 2 is 1.89 bits per heavy atom. The minimum atomic E-state index is -3.53. The summed E-state index contributed by atoms with van der Waals surface area (Å²) in [6, 6.07) is 6.75. The van der Waals surface area contributed by atoms with Crippen LogP contribution in [0.5, 0.6) is 0 Å². The number of benzene rings is 1. The SMILES string of the molecule is CC(c1ccccc1Cl)N(C)S(=O)(=O)C(C)CO. The van der Waals surface area contributed by atoms with Crippen molar-refractivity contribution in [2.75, 3.05) is 13.7 Å². The molecule has 1 aromatic rings. The Morgan fingerprint density at radius 3 is 2.39 bits per heavy atom. The molecule has 0 amide bonds. The molecule has 2 unspecified atom stereocenters. The van der Waals surface area contributed by atoms with Crippen molar-refractivity contribution in [1.82, 2.24) is 4.31 Å². The number of hydrogen-bond donors (Lipinski definition) is 1. The Hall–Kier alpha value is -0.620. The molecule has 0 fully saturated rings. The van der Waals surface area contributed by atoms with Crippen LogP contribution in [-0.4, -0.2) is 36.7 Å². The highest BCUT2D eigenvalue weighted by atomic mass is 35.5. The largest absolute Gasteiger partial charge is 0.395 e. The van der Waals surface area contributed by atoms with Gasteiger partial charge in [0.15, 0.2) is 0 Å². The summed E-state index contributed by atoms with van der Waals surface area (Å²) in [5.74, 6) is 0. The molecule has 0 aliphatic rings. The van der Waals surface area contributed by atoms with Gasteiger partial charge in [-0.05, 0) is 25.5 Å². The lowest BCUT2D eigenvalue weighted by molar-refractivity contribution is 0.287. The maximum Gasteiger partial charge on any atom is 0.219 e. The van der Waals surface area contributed by atoms with Gasteiger partial charge in [0.2, 0.25) is 10.0 Å². The molecule has 1 rings (SSSR count). The van der Waals surface area contributed by atoms with E-state index in [9.17, 15) is 8.42 Å². The third-order valence-corrected chi connectivity index (χ3v) is 5.70. The molecule has 0 saturated carbocycles. The summed E-state index contributed by atoms with van der Waals surface area (Å²) in [7, 11) is -2.03. The van der Waals surface area contributed by atoms with Crippen LogP contribution in [0.2, 0.25) is 5.02 Å². The van der Waals surface area contributed by atoms with Crippen LogP contribution in [-0.2, 0) is 10.0 Å². The lowest BCUT2D eigenvalue weighted by Crippen LogP contribution is -2.38. The van der Waals surface area contributed by atoms with Crippen molar-refractivity contribution in [3.8, 4) is 0 Å². The van der Waals surface area contributed by atoms with E-state index in [2.05, 4.69) is 0 Å². The van der Waals surface area contributed by atoms with E-state index in [0.717, 1.165) is 5.56 Å². The van der Waals surface area contributed by atoms with Gasteiger partial charge in [0.25, 0.3) is 0 Å². The summed E-state index contributed by atoms with van der Waals surface area (Å²) in [5, 5.41) is 8.70. The van der Waals surface area contributed by atoms with Crippen molar-refractivity contribution in [2.45, 2.75) is 25.1 Å². The summed E-state index contributed by atoms with van der Waals surface area (Å²) in [4.78, 5) is 0. The first-order valence-electron chi connectivity index (χ1n) is 5.64. The van der Waals surface area contributed by atoms with E-state index in [4.69, 9.17) is 16.7 Å². The van der Waals surface area contributed by atoms with E-state index in [1.54, 1.807) is 25.1 Å². The van der Waals surface area contributed by atoms with Gasteiger partial charge in [-0.1, -0.05) is 29.8 Å². The van der Waals surface area contributed by atoms with E-state index in [-0.39, 0.29) is 6.04 Å². The van der Waals surface area contributed by atoms with Gasteiger partial charge in [-0.2, -0.15) is 4.31 Å². The van der Waals surface area contributed by atoms with Gasteiger partial charge in [0.1, 0.15) is 0 Å². The lowest BCUT2D eigenvalue weighted by atomic mass is 10.1. The zero-order valence-electron chi connectivity index (χ0n) is 10.7. The Kier molecular flexibility index (Phi) is 5.16. The summed E-state index contributed by atoms with van der Waals surface area (Å²) in [6.45, 7) is 2.84. The number of rotatable bonds is 5. The van der Waals surface area contributed by atoms with Crippen molar-refractivity contribution in [2.24, 2.45) is 0 Å². The van der Waals surface area contributed by atoms with E-state index in [1.165, 1.54) is 18.3 Å². The first kappa shape index (κ1) is 15.4. The van der Waals surface area contributed by atoms with E-state index < -0.39 is 21.9 Å². The fourth-order valence-corrected chi connectivity index (χ4v) is 3.21. The van der Waals surface area contributed by atoms with Crippen molar-refractivity contribution < 1.29 is 13.5 Å². The maximum atomic E-state index is 12.1. The van der Waals surface area contributed by atoms with Gasteiger partial charge in [0, 0.05) is 18.1 Å². The molecule has 6 heteroatoms. The molecule has 102 valence electrons. The molecule has 0 bridgehead atoms. The van der Waals surface area contributed by atoms with Gasteiger partial charge in [-0.3, -0.25) is 0 Å². The van der Waals surface area contributed by atoms with Crippen molar-refractivity contribution >= 4 is 21.6 Å². The molecule has 0 saturated heterocycles. The molecule has 0 aromatic heterocycles. The van der Waals surface area contributed by atoms with Crippen LogP contribution in [0.1, 0.15) is 25.5 Å². The minimum absolute atomic E-state index is 0.377. The normalized spacial score (nSPS) is 15.7. The second-order valence-corrected chi connectivity index (χ2v) is 7.07. The molecule has 18 heavy (non-hydrogen) atoms. The van der Waals surface area contributed by atoms with Crippen LogP contribution in [0.15, 0.2) is 24.3 Å². The van der Waals surface area contributed by atoms with Gasteiger partial charge in [0.05, 0.1) is 11.9 Å². The van der Waals surface area contributed by atoms with Gasteiger partial charge in [-0.15, -0.1) is 0 Å². The van der Waals surface area contributed by atoms with E-state index in [0.29, 0.717) is 5.02 Å². The maximum absolute atomic E-state index is 12.1. The number of nitrogens with zero attached hydrogens (tertiary/aromatic N) is 1. The summed E-state index contributed by atoms with van der Waals surface area (Å²) >= 11 is 6.06. The number of sulfonamides is 1. The fourth-order valence-electron chi connectivity index (χ4n) is 1.61. The summed E-state index contributed by atoms with van der Waals surface area (Å²) in [5.41, 5.74) is 0.746. The molecule has 4 nitrogen and oxygen atoms in total. The smallest absolute Gasteiger partial charge is 0.219 e. The number of aliphatic hydroxyl groups excluding tert-OH is 1. The van der Waals surface area contributed by atoms with Crippen LogP contribution in [0.4, 0.5) is 0 Å². The van der Waals surface area contributed by atoms with Crippen molar-refractivity contribution in [3.63, 3.8) is 0 Å². The van der Waals surface area contributed by atoms with Crippen LogP contribution in [0, 0.1) is 0 Å². The zero-order chi connectivity index (χ0) is 13.9. The monoisotopic (exact) mass is 291 g/mol. The standard InChI is InChI=1S/C12H18ClNO3S/c1-9(8-15)18(16,17)14(3)10(2)11-6-4-5-7-12(11)13/h4-7,9-10,15H,8H2,1-3H3. The van der Waals surface area contributed by atoms with Crippen LogP contribution in [0.25, 0.3) is 0 Å². The molecule has 0 radical (unpaired) electrons. The summed E-state index contributed by atoms with van der Waals surface area (Å²) in [6.07, 6.45) is 0. The highest BCUT2D eigenvalue weighted by Gasteiger charge is 2.30. The molecule has 0 aliphatic carbocycles. The first-order valence-corrected chi connectivity index (χ1v) is 7.52. The van der Waals surface area contributed by atoms with Gasteiger partial charge < -0.3 is 5.11 Å². The molecule has 1 N–H and O–H groups in total. The molecule has 0 aliphatic heterocycles. The third-order valence-electron chi connectivity index (χ3n) is 3.07. The minimum Gasteiger partial charge on any atom is -0.395 e. The quantitative estimate of drug-likeness (QED) is 0.903.